The second kappa shape index (κ2) is 9.13. The van der Waals surface area contributed by atoms with Gasteiger partial charge in [-0.15, -0.1) is 0 Å². The number of rotatable bonds is 4. The highest BCUT2D eigenvalue weighted by atomic mass is 32.1. The molecule has 0 unspecified atom stereocenters. The first-order valence-electron chi connectivity index (χ1n) is 9.67. The van der Waals surface area contributed by atoms with E-state index in [1.165, 1.54) is 5.56 Å². The van der Waals surface area contributed by atoms with Crippen LogP contribution in [0.15, 0.2) is 66.7 Å². The second-order valence-electron chi connectivity index (χ2n) is 7.06. The molecule has 0 aliphatic carbocycles. The Bertz CT molecular complexity index is 1010. The van der Waals surface area contributed by atoms with E-state index in [2.05, 4.69) is 27.7 Å². The van der Waals surface area contributed by atoms with Crippen molar-refractivity contribution in [2.24, 2.45) is 0 Å². The molecular weight excluding hydrogens is 382 g/mol. The second-order valence-corrected chi connectivity index (χ2v) is 7.46. The summed E-state index contributed by atoms with van der Waals surface area (Å²) in [6.45, 7) is 4.43. The van der Waals surface area contributed by atoms with E-state index >= 15 is 0 Å². The zero-order valence-corrected chi connectivity index (χ0v) is 16.9. The number of morpholine rings is 1. The molecule has 0 saturated carbocycles. The number of nitrogens with zero attached hydrogens (tertiary/aromatic N) is 1. The number of ether oxygens (including phenoxy) is 1. The van der Waals surface area contributed by atoms with Gasteiger partial charge in [-0.3, -0.25) is 15.0 Å². The van der Waals surface area contributed by atoms with Crippen molar-refractivity contribution in [1.82, 2.24) is 10.2 Å². The smallest absolute Gasteiger partial charge is 0.257 e. The summed E-state index contributed by atoms with van der Waals surface area (Å²) in [5.74, 6) is -0.225. The maximum atomic E-state index is 12.5. The molecule has 3 aromatic carbocycles. The van der Waals surface area contributed by atoms with Crippen molar-refractivity contribution in [3.05, 3.63) is 77.9 Å². The van der Waals surface area contributed by atoms with Crippen LogP contribution in [0.2, 0.25) is 0 Å². The first-order chi connectivity index (χ1) is 14.2. The summed E-state index contributed by atoms with van der Waals surface area (Å²) in [6, 6.07) is 21.7. The van der Waals surface area contributed by atoms with Gasteiger partial charge < -0.3 is 10.1 Å². The quantitative estimate of drug-likeness (QED) is 0.647. The van der Waals surface area contributed by atoms with E-state index in [9.17, 15) is 4.79 Å². The predicted molar refractivity (Wildman–Crippen MR) is 120 cm³/mol. The summed E-state index contributed by atoms with van der Waals surface area (Å²) in [7, 11) is 0. The third-order valence-electron chi connectivity index (χ3n) is 4.96. The van der Waals surface area contributed by atoms with Crippen molar-refractivity contribution in [2.45, 2.75) is 6.54 Å². The molecule has 29 heavy (non-hydrogen) atoms. The Morgan fingerprint density at radius 1 is 0.966 bits per heavy atom. The third-order valence-corrected chi connectivity index (χ3v) is 5.16. The Morgan fingerprint density at radius 2 is 1.69 bits per heavy atom. The number of fused-ring (bicyclic) bond motifs is 1. The first-order valence-corrected chi connectivity index (χ1v) is 10.1. The topological polar surface area (TPSA) is 53.6 Å². The van der Waals surface area contributed by atoms with Crippen molar-refractivity contribution in [1.29, 1.82) is 0 Å². The lowest BCUT2D eigenvalue weighted by molar-refractivity contribution is 0.0342. The molecule has 1 aliphatic heterocycles. The summed E-state index contributed by atoms with van der Waals surface area (Å²) in [4.78, 5) is 14.9. The van der Waals surface area contributed by atoms with Crippen LogP contribution in [0.5, 0.6) is 0 Å². The molecular formula is C23H23N3O2S. The number of nitrogens with one attached hydrogen (secondary N) is 2. The average molecular weight is 406 g/mol. The van der Waals surface area contributed by atoms with Gasteiger partial charge >= 0.3 is 0 Å². The normalized spacial score (nSPS) is 14.5. The summed E-state index contributed by atoms with van der Waals surface area (Å²) >= 11 is 5.31. The molecule has 0 spiro atoms. The fourth-order valence-corrected chi connectivity index (χ4v) is 3.59. The zero-order valence-electron chi connectivity index (χ0n) is 16.1. The van der Waals surface area contributed by atoms with Crippen LogP contribution >= 0.6 is 12.2 Å². The van der Waals surface area contributed by atoms with Crippen molar-refractivity contribution in [3.63, 3.8) is 0 Å². The molecule has 1 heterocycles. The number of hydrogen-bond acceptors (Lipinski definition) is 4. The molecule has 5 nitrogen and oxygen atoms in total. The fourth-order valence-electron chi connectivity index (χ4n) is 3.38. The van der Waals surface area contributed by atoms with E-state index < -0.39 is 0 Å². The van der Waals surface area contributed by atoms with E-state index in [4.69, 9.17) is 17.0 Å². The van der Waals surface area contributed by atoms with Gasteiger partial charge in [-0.05, 0) is 52.8 Å². The monoisotopic (exact) mass is 405 g/mol. The minimum absolute atomic E-state index is 0.225. The first kappa shape index (κ1) is 19.5. The Balaban J connectivity index is 1.33. The third kappa shape index (κ3) is 5.17. The van der Waals surface area contributed by atoms with Gasteiger partial charge in [-0.25, -0.2) is 0 Å². The van der Waals surface area contributed by atoms with E-state index in [0.717, 1.165) is 49.3 Å². The summed E-state index contributed by atoms with van der Waals surface area (Å²) in [5.41, 5.74) is 2.66. The molecule has 2 N–H and O–H groups in total. The lowest BCUT2D eigenvalue weighted by Gasteiger charge is -2.26. The maximum absolute atomic E-state index is 12.5. The van der Waals surface area contributed by atoms with Crippen LogP contribution in [0.3, 0.4) is 0 Å². The van der Waals surface area contributed by atoms with Crippen LogP contribution in [0.1, 0.15) is 15.9 Å². The summed E-state index contributed by atoms with van der Waals surface area (Å²) < 4.78 is 5.38. The van der Waals surface area contributed by atoms with Crippen LogP contribution in [-0.4, -0.2) is 42.2 Å². The number of carbonyl (C=O) groups is 1. The Kier molecular flexibility index (Phi) is 6.14. The summed E-state index contributed by atoms with van der Waals surface area (Å²) in [5, 5.41) is 8.23. The van der Waals surface area contributed by atoms with E-state index in [-0.39, 0.29) is 11.0 Å². The lowest BCUT2D eigenvalue weighted by Crippen LogP contribution is -2.35. The van der Waals surface area contributed by atoms with Crippen molar-refractivity contribution < 1.29 is 9.53 Å². The number of carbonyl (C=O) groups excluding carboxylic acids is 1. The van der Waals surface area contributed by atoms with Crippen LogP contribution in [0, 0.1) is 0 Å². The van der Waals surface area contributed by atoms with Crippen molar-refractivity contribution >= 4 is 39.7 Å². The van der Waals surface area contributed by atoms with Crippen LogP contribution in [0.4, 0.5) is 5.69 Å². The van der Waals surface area contributed by atoms with Gasteiger partial charge in [0, 0.05) is 30.9 Å². The molecule has 0 atom stereocenters. The molecule has 1 amide bonds. The molecule has 1 saturated heterocycles. The van der Waals surface area contributed by atoms with Gasteiger partial charge in [0.1, 0.15) is 0 Å². The number of anilines is 1. The van der Waals surface area contributed by atoms with Crippen LogP contribution < -0.4 is 10.6 Å². The van der Waals surface area contributed by atoms with Crippen molar-refractivity contribution in [2.75, 3.05) is 31.6 Å². The lowest BCUT2D eigenvalue weighted by atomic mass is 10.1. The van der Waals surface area contributed by atoms with Crippen LogP contribution in [0.25, 0.3) is 10.8 Å². The molecule has 0 radical (unpaired) electrons. The average Bonchev–Trinajstić information content (AvgIpc) is 2.75. The SMILES string of the molecule is O=C(NC(=S)Nc1ccc(CN2CCOCC2)cc1)c1ccc2ccccc2c1. The Morgan fingerprint density at radius 3 is 2.45 bits per heavy atom. The molecule has 4 rings (SSSR count). The molecule has 0 aromatic heterocycles. The number of benzene rings is 3. The zero-order chi connectivity index (χ0) is 20.1. The standard InChI is InChI=1S/C23H23N3O2S/c27-22(20-8-7-18-3-1-2-4-19(18)15-20)25-23(29)24-21-9-5-17(6-10-21)16-26-11-13-28-14-12-26/h1-10,15H,11-14,16H2,(H2,24,25,27,29). The van der Waals surface area contributed by atoms with E-state index in [0.29, 0.717) is 5.56 Å². The highest BCUT2D eigenvalue weighted by Crippen LogP contribution is 2.16. The number of hydrogen-bond donors (Lipinski definition) is 2. The minimum Gasteiger partial charge on any atom is -0.379 e. The minimum atomic E-state index is -0.225. The Hall–Kier alpha value is -2.80. The molecule has 1 fully saturated rings. The van der Waals surface area contributed by atoms with Gasteiger partial charge in [-0.1, -0.05) is 42.5 Å². The highest BCUT2D eigenvalue weighted by molar-refractivity contribution is 7.80. The summed E-state index contributed by atoms with van der Waals surface area (Å²) in [6.07, 6.45) is 0. The predicted octanol–water partition coefficient (Wildman–Crippen LogP) is 3.80. The molecule has 3 aromatic rings. The van der Waals surface area contributed by atoms with Gasteiger partial charge in [0.2, 0.25) is 0 Å². The van der Waals surface area contributed by atoms with Gasteiger partial charge in [0.25, 0.3) is 5.91 Å². The van der Waals surface area contributed by atoms with Crippen molar-refractivity contribution in [3.8, 4) is 0 Å². The maximum Gasteiger partial charge on any atom is 0.257 e. The largest absolute Gasteiger partial charge is 0.379 e. The van der Waals surface area contributed by atoms with E-state index in [1.54, 1.807) is 6.07 Å². The van der Waals surface area contributed by atoms with Crippen LogP contribution in [-0.2, 0) is 11.3 Å². The van der Waals surface area contributed by atoms with Gasteiger partial charge in [-0.2, -0.15) is 0 Å². The number of amides is 1. The van der Waals surface area contributed by atoms with Gasteiger partial charge in [0.05, 0.1) is 13.2 Å². The molecule has 1 aliphatic rings. The molecule has 0 bridgehead atoms. The molecule has 148 valence electrons. The Labute approximate surface area is 175 Å². The van der Waals surface area contributed by atoms with Gasteiger partial charge in [0.15, 0.2) is 5.11 Å². The fraction of sp³-hybridized carbons (Fsp3) is 0.217. The highest BCUT2D eigenvalue weighted by Gasteiger charge is 2.11. The molecule has 6 heteroatoms. The number of thiocarbonyl (C=S) groups is 1. The van der Waals surface area contributed by atoms with E-state index in [1.807, 2.05) is 48.5 Å².